The average Bonchev–Trinajstić information content (AvgIpc) is 1.99. The fourth-order valence-electron chi connectivity index (χ4n) is 1.64. The summed E-state index contributed by atoms with van der Waals surface area (Å²) in [6, 6.07) is 0. The summed E-state index contributed by atoms with van der Waals surface area (Å²) < 4.78 is 6.08. The number of hydrogen-bond acceptors (Lipinski definition) is 1. The molecule has 0 heterocycles. The Morgan fingerprint density at radius 3 is 1.92 bits per heavy atom. The largest absolute Gasteiger partial charge is 0.417 e. The fraction of sp³-hybridized carbons (Fsp3) is 0.818. The minimum Gasteiger partial charge on any atom is -0.417 e. The molecule has 0 saturated heterocycles. The molecule has 1 atom stereocenters. The Morgan fingerprint density at radius 2 is 1.62 bits per heavy atom. The first-order valence-electron chi connectivity index (χ1n) is 5.25. The van der Waals surface area contributed by atoms with Crippen LogP contribution in [-0.4, -0.2) is 15.1 Å². The van der Waals surface area contributed by atoms with Crippen molar-refractivity contribution in [2.24, 2.45) is 0 Å². The lowest BCUT2D eigenvalue weighted by atomic mass is 10.3. The summed E-state index contributed by atoms with van der Waals surface area (Å²) in [6.07, 6.45) is 3.28. The van der Waals surface area contributed by atoms with E-state index in [4.69, 9.17) is 4.43 Å². The molecule has 0 aromatic rings. The van der Waals surface area contributed by atoms with Crippen LogP contribution < -0.4 is 0 Å². The molecule has 0 fully saturated rings. The molecular formula is C11H24OSi. The SMILES string of the molecule is C=CCC(C)O[SiH](C(C)C)C(C)C. The maximum absolute atomic E-state index is 6.08. The topological polar surface area (TPSA) is 9.23 Å². The van der Waals surface area contributed by atoms with Crippen molar-refractivity contribution in [3.8, 4) is 0 Å². The van der Waals surface area contributed by atoms with Crippen LogP contribution in [0.3, 0.4) is 0 Å². The molecule has 0 aliphatic carbocycles. The van der Waals surface area contributed by atoms with Gasteiger partial charge in [0.2, 0.25) is 0 Å². The molecule has 1 unspecified atom stereocenters. The van der Waals surface area contributed by atoms with Crippen LogP contribution in [0.15, 0.2) is 12.7 Å². The second-order valence-corrected chi connectivity index (χ2v) is 8.29. The predicted molar refractivity (Wildman–Crippen MR) is 62.7 cm³/mol. The standard InChI is InChI=1S/C11H24OSi/c1-7-8-11(6)12-13(9(2)3)10(4)5/h7,9-11,13H,1,8H2,2-6H3. The van der Waals surface area contributed by atoms with Gasteiger partial charge in [-0.1, -0.05) is 33.8 Å². The molecule has 13 heavy (non-hydrogen) atoms. The van der Waals surface area contributed by atoms with Crippen LogP contribution in [0.4, 0.5) is 0 Å². The van der Waals surface area contributed by atoms with Crippen molar-refractivity contribution in [3.05, 3.63) is 12.7 Å². The second-order valence-electron chi connectivity index (χ2n) is 4.42. The van der Waals surface area contributed by atoms with E-state index in [1.165, 1.54) is 0 Å². The Bertz CT molecular complexity index is 135. The summed E-state index contributed by atoms with van der Waals surface area (Å²) in [7, 11) is -1.02. The maximum atomic E-state index is 6.08. The van der Waals surface area contributed by atoms with Crippen LogP contribution in [0, 0.1) is 0 Å². The van der Waals surface area contributed by atoms with Crippen molar-refractivity contribution < 1.29 is 4.43 Å². The van der Waals surface area contributed by atoms with E-state index in [1.807, 2.05) is 6.08 Å². The van der Waals surface area contributed by atoms with E-state index in [0.717, 1.165) is 17.5 Å². The minimum absolute atomic E-state index is 0.360. The van der Waals surface area contributed by atoms with E-state index in [-0.39, 0.29) is 0 Å². The number of hydrogen-bond donors (Lipinski definition) is 0. The van der Waals surface area contributed by atoms with Crippen molar-refractivity contribution in [3.63, 3.8) is 0 Å². The van der Waals surface area contributed by atoms with E-state index >= 15 is 0 Å². The molecule has 2 heteroatoms. The Balaban J connectivity index is 4.01. The van der Waals surface area contributed by atoms with Gasteiger partial charge in [-0.25, -0.2) is 0 Å². The first-order valence-corrected chi connectivity index (χ1v) is 7.05. The van der Waals surface area contributed by atoms with Gasteiger partial charge in [0, 0.05) is 6.10 Å². The van der Waals surface area contributed by atoms with E-state index in [9.17, 15) is 0 Å². The summed E-state index contributed by atoms with van der Waals surface area (Å²) in [6.45, 7) is 15.0. The smallest absolute Gasteiger partial charge is 0.182 e. The van der Waals surface area contributed by atoms with Crippen LogP contribution in [0.5, 0.6) is 0 Å². The van der Waals surface area contributed by atoms with E-state index < -0.39 is 9.04 Å². The molecule has 0 bridgehead atoms. The van der Waals surface area contributed by atoms with Crippen molar-refractivity contribution in [1.29, 1.82) is 0 Å². The molecule has 0 aromatic heterocycles. The molecule has 0 aromatic carbocycles. The Hall–Kier alpha value is -0.0831. The molecule has 0 radical (unpaired) electrons. The van der Waals surface area contributed by atoms with Gasteiger partial charge in [0.05, 0.1) is 0 Å². The molecule has 78 valence electrons. The van der Waals surface area contributed by atoms with Crippen molar-refractivity contribution in [2.45, 2.75) is 58.2 Å². The fourth-order valence-corrected chi connectivity index (χ4v) is 4.46. The van der Waals surface area contributed by atoms with Gasteiger partial charge in [-0.2, -0.15) is 0 Å². The minimum atomic E-state index is -1.02. The van der Waals surface area contributed by atoms with E-state index in [0.29, 0.717) is 6.10 Å². The summed E-state index contributed by atoms with van der Waals surface area (Å²) >= 11 is 0. The van der Waals surface area contributed by atoms with Crippen molar-refractivity contribution in [2.75, 3.05) is 0 Å². The van der Waals surface area contributed by atoms with Gasteiger partial charge < -0.3 is 4.43 Å². The van der Waals surface area contributed by atoms with Crippen molar-refractivity contribution in [1.82, 2.24) is 0 Å². The molecule has 0 aliphatic heterocycles. The predicted octanol–water partition coefficient (Wildman–Crippen LogP) is 3.51. The van der Waals surface area contributed by atoms with Gasteiger partial charge >= 0.3 is 0 Å². The zero-order valence-electron chi connectivity index (χ0n) is 9.71. The van der Waals surface area contributed by atoms with E-state index in [1.54, 1.807) is 0 Å². The Morgan fingerprint density at radius 1 is 1.15 bits per heavy atom. The molecule has 0 rings (SSSR count). The molecular weight excluding hydrogens is 176 g/mol. The van der Waals surface area contributed by atoms with Gasteiger partial charge in [-0.05, 0) is 24.4 Å². The first kappa shape index (κ1) is 12.9. The van der Waals surface area contributed by atoms with Gasteiger partial charge in [0.1, 0.15) is 0 Å². The van der Waals surface area contributed by atoms with Crippen LogP contribution in [0.2, 0.25) is 11.1 Å². The third-order valence-corrected chi connectivity index (χ3v) is 5.61. The van der Waals surface area contributed by atoms with Gasteiger partial charge in [-0.15, -0.1) is 6.58 Å². The van der Waals surface area contributed by atoms with E-state index in [2.05, 4.69) is 41.2 Å². The molecule has 1 nitrogen and oxygen atoms in total. The van der Waals surface area contributed by atoms with Gasteiger partial charge in [0.15, 0.2) is 9.04 Å². The highest BCUT2D eigenvalue weighted by molar-refractivity contribution is 6.55. The molecule has 0 N–H and O–H groups in total. The van der Waals surface area contributed by atoms with Gasteiger partial charge in [0.25, 0.3) is 0 Å². The lowest BCUT2D eigenvalue weighted by Gasteiger charge is -2.26. The average molecular weight is 200 g/mol. The quantitative estimate of drug-likeness (QED) is 0.471. The normalized spacial score (nSPS) is 14.2. The molecule has 0 spiro atoms. The lowest BCUT2D eigenvalue weighted by Crippen LogP contribution is -2.29. The number of rotatable bonds is 6. The third kappa shape index (κ3) is 5.27. The lowest BCUT2D eigenvalue weighted by molar-refractivity contribution is 0.216. The zero-order valence-corrected chi connectivity index (χ0v) is 10.9. The summed E-state index contributed by atoms with van der Waals surface area (Å²) in [4.78, 5) is 0. The second kappa shape index (κ2) is 6.38. The maximum Gasteiger partial charge on any atom is 0.182 e. The van der Waals surface area contributed by atoms with Crippen LogP contribution in [0.25, 0.3) is 0 Å². The highest BCUT2D eigenvalue weighted by Gasteiger charge is 2.22. The third-order valence-electron chi connectivity index (χ3n) is 2.20. The van der Waals surface area contributed by atoms with Crippen LogP contribution in [-0.2, 0) is 4.43 Å². The monoisotopic (exact) mass is 200 g/mol. The highest BCUT2D eigenvalue weighted by atomic mass is 28.3. The molecule has 0 amide bonds. The highest BCUT2D eigenvalue weighted by Crippen LogP contribution is 2.22. The van der Waals surface area contributed by atoms with Gasteiger partial charge in [-0.3, -0.25) is 0 Å². The van der Waals surface area contributed by atoms with Crippen LogP contribution in [0.1, 0.15) is 41.0 Å². The van der Waals surface area contributed by atoms with Crippen LogP contribution >= 0.6 is 0 Å². The molecule has 0 aliphatic rings. The summed E-state index contributed by atoms with van der Waals surface area (Å²) in [5.41, 5.74) is 1.46. The van der Waals surface area contributed by atoms with Crippen molar-refractivity contribution >= 4 is 9.04 Å². The molecule has 0 saturated carbocycles. The summed E-state index contributed by atoms with van der Waals surface area (Å²) in [5.74, 6) is 0. The Kier molecular flexibility index (Phi) is 6.34. The Labute approximate surface area is 84.9 Å². The summed E-state index contributed by atoms with van der Waals surface area (Å²) in [5, 5.41) is 0. The zero-order chi connectivity index (χ0) is 10.4. The first-order chi connectivity index (χ1) is 5.99.